The van der Waals surface area contributed by atoms with Crippen molar-refractivity contribution in [1.82, 2.24) is 14.3 Å². The Hall–Kier alpha value is -2.61. The summed E-state index contributed by atoms with van der Waals surface area (Å²) in [5.74, 6) is 0. The van der Waals surface area contributed by atoms with Crippen LogP contribution in [0.3, 0.4) is 0 Å². The lowest BCUT2D eigenvalue weighted by molar-refractivity contribution is -0.160. The van der Waals surface area contributed by atoms with E-state index < -0.39 is 21.7 Å². The van der Waals surface area contributed by atoms with E-state index >= 15 is 0 Å². The number of nitrogens with one attached hydrogen (secondary N) is 1. The molecule has 6 nitrogen and oxygen atoms in total. The van der Waals surface area contributed by atoms with Gasteiger partial charge in [-0.05, 0) is 55.9 Å². The van der Waals surface area contributed by atoms with Crippen LogP contribution in [0.5, 0.6) is 0 Å². The number of fused-ring (bicyclic) bond motifs is 1. The summed E-state index contributed by atoms with van der Waals surface area (Å²) in [6.45, 7) is 0. The quantitative estimate of drug-likeness (QED) is 0.519. The molecule has 2 heterocycles. The van der Waals surface area contributed by atoms with Crippen LogP contribution >= 0.6 is 11.6 Å². The molecule has 0 radical (unpaired) electrons. The van der Waals surface area contributed by atoms with E-state index in [2.05, 4.69) is 11.1 Å². The summed E-state index contributed by atoms with van der Waals surface area (Å²) in [6.07, 6.45) is -0.820. The fourth-order valence-corrected chi connectivity index (χ4v) is 5.84. The third kappa shape index (κ3) is 3.59. The third-order valence-corrected chi connectivity index (χ3v) is 8.18. The van der Waals surface area contributed by atoms with Crippen molar-refractivity contribution in [3.63, 3.8) is 0 Å². The molecule has 2 aliphatic carbocycles. The van der Waals surface area contributed by atoms with Gasteiger partial charge in [0.15, 0.2) is 0 Å². The SMILES string of the molecule is N#Cc1c(-c2ccc(S(=O)(=O)NC3(C(F)(F)F)CC3)cc2)n(C2CCC2)c2ncc(Cl)cc12. The number of nitriles is 1. The van der Waals surface area contributed by atoms with Crippen molar-refractivity contribution < 1.29 is 21.6 Å². The highest BCUT2D eigenvalue weighted by atomic mass is 35.5. The Balaban J connectivity index is 1.58. The van der Waals surface area contributed by atoms with E-state index in [1.54, 1.807) is 6.07 Å². The number of halogens is 4. The molecule has 1 aromatic carbocycles. The second-order valence-corrected chi connectivity index (χ2v) is 10.6. The van der Waals surface area contributed by atoms with E-state index in [-0.39, 0.29) is 23.8 Å². The standard InChI is InChI=1S/C22H18ClF3N4O2S/c23-14-10-17-18(11-27)19(30(15-2-1-3-15)20(17)28-12-14)13-4-6-16(7-5-13)33(31,32)29-21(8-9-21)22(24,25)26/h4-7,10,12,15,29H,1-3,8-9H2. The van der Waals surface area contributed by atoms with Gasteiger partial charge in [-0.3, -0.25) is 0 Å². The van der Waals surface area contributed by atoms with Crippen LogP contribution < -0.4 is 4.72 Å². The molecule has 0 amide bonds. The molecule has 11 heteroatoms. The number of hydrogen-bond acceptors (Lipinski definition) is 4. The van der Waals surface area contributed by atoms with Gasteiger partial charge in [0, 0.05) is 17.6 Å². The van der Waals surface area contributed by atoms with Gasteiger partial charge in [-0.15, -0.1) is 0 Å². The summed E-state index contributed by atoms with van der Waals surface area (Å²) in [7, 11) is -4.38. The maximum absolute atomic E-state index is 13.2. The zero-order chi connectivity index (χ0) is 23.6. The molecule has 3 aromatic rings. The first-order chi connectivity index (χ1) is 15.6. The highest BCUT2D eigenvalue weighted by Gasteiger charge is 2.65. The molecule has 0 aliphatic heterocycles. The average molecular weight is 495 g/mol. The molecule has 0 spiro atoms. The lowest BCUT2D eigenvalue weighted by atomic mass is 9.92. The van der Waals surface area contributed by atoms with Crippen molar-refractivity contribution in [3.8, 4) is 17.3 Å². The number of nitrogens with zero attached hydrogens (tertiary/aromatic N) is 3. The van der Waals surface area contributed by atoms with Crippen LogP contribution in [-0.2, 0) is 10.0 Å². The molecular formula is C22H18ClF3N4O2S. The van der Waals surface area contributed by atoms with Gasteiger partial charge in [-0.2, -0.15) is 23.2 Å². The monoisotopic (exact) mass is 494 g/mol. The summed E-state index contributed by atoms with van der Waals surface area (Å²) in [6, 6.07) is 9.57. The van der Waals surface area contributed by atoms with E-state index in [9.17, 15) is 26.9 Å². The zero-order valence-corrected chi connectivity index (χ0v) is 18.7. The normalized spacial score (nSPS) is 18.2. The van der Waals surface area contributed by atoms with Gasteiger partial charge in [-0.1, -0.05) is 23.7 Å². The molecule has 0 saturated heterocycles. The molecular weight excluding hydrogens is 477 g/mol. The Morgan fingerprint density at radius 3 is 2.39 bits per heavy atom. The summed E-state index contributed by atoms with van der Waals surface area (Å²) >= 11 is 6.11. The fraction of sp³-hybridized carbons (Fsp3) is 0.364. The maximum atomic E-state index is 13.2. The molecule has 2 aromatic heterocycles. The van der Waals surface area contributed by atoms with Gasteiger partial charge in [0.1, 0.15) is 17.3 Å². The molecule has 2 saturated carbocycles. The highest BCUT2D eigenvalue weighted by molar-refractivity contribution is 7.89. The van der Waals surface area contributed by atoms with E-state index in [1.807, 2.05) is 9.29 Å². The van der Waals surface area contributed by atoms with Gasteiger partial charge < -0.3 is 4.57 Å². The molecule has 172 valence electrons. The van der Waals surface area contributed by atoms with Crippen molar-refractivity contribution >= 4 is 32.7 Å². The minimum absolute atomic E-state index is 0.143. The van der Waals surface area contributed by atoms with Crippen LogP contribution in [0, 0.1) is 11.3 Å². The summed E-state index contributed by atoms with van der Waals surface area (Å²) in [4.78, 5) is 4.16. The van der Waals surface area contributed by atoms with Crippen LogP contribution in [0.25, 0.3) is 22.3 Å². The summed E-state index contributed by atoms with van der Waals surface area (Å²) < 4.78 is 68.7. The first-order valence-electron chi connectivity index (χ1n) is 10.4. The van der Waals surface area contributed by atoms with Crippen LogP contribution in [0.2, 0.25) is 5.02 Å². The van der Waals surface area contributed by atoms with Crippen molar-refractivity contribution in [2.75, 3.05) is 0 Å². The van der Waals surface area contributed by atoms with Gasteiger partial charge in [0.25, 0.3) is 0 Å². The number of alkyl halides is 3. The number of hydrogen-bond donors (Lipinski definition) is 1. The molecule has 2 fully saturated rings. The van der Waals surface area contributed by atoms with Crippen LogP contribution in [0.1, 0.15) is 43.7 Å². The van der Waals surface area contributed by atoms with Crippen LogP contribution in [0.4, 0.5) is 13.2 Å². The highest BCUT2D eigenvalue weighted by Crippen LogP contribution is 2.50. The molecule has 0 bridgehead atoms. The zero-order valence-electron chi connectivity index (χ0n) is 17.2. The predicted octanol–water partition coefficient (Wildman–Crippen LogP) is 5.33. The number of benzene rings is 1. The van der Waals surface area contributed by atoms with Crippen molar-refractivity contribution in [1.29, 1.82) is 5.26 Å². The van der Waals surface area contributed by atoms with Gasteiger partial charge in [0.2, 0.25) is 10.0 Å². The Bertz CT molecular complexity index is 1400. The Labute approximate surface area is 193 Å². The predicted molar refractivity (Wildman–Crippen MR) is 116 cm³/mol. The second kappa shape index (κ2) is 7.45. The van der Waals surface area contributed by atoms with E-state index in [1.165, 1.54) is 30.5 Å². The van der Waals surface area contributed by atoms with E-state index in [0.29, 0.717) is 32.9 Å². The average Bonchev–Trinajstić information content (AvgIpc) is 3.43. The number of sulfonamides is 1. The Kier molecular flexibility index (Phi) is 5.01. The number of aromatic nitrogens is 2. The molecule has 5 rings (SSSR count). The van der Waals surface area contributed by atoms with Crippen molar-refractivity contribution in [2.45, 2.75) is 54.8 Å². The first kappa shape index (κ1) is 22.2. The smallest absolute Gasteiger partial charge is 0.321 e. The lowest BCUT2D eigenvalue weighted by Gasteiger charge is -2.29. The summed E-state index contributed by atoms with van der Waals surface area (Å²) in [5.41, 5.74) is -0.231. The number of rotatable bonds is 5. The molecule has 1 N–H and O–H groups in total. The van der Waals surface area contributed by atoms with Gasteiger partial charge in [-0.25, -0.2) is 13.4 Å². The Morgan fingerprint density at radius 2 is 1.88 bits per heavy atom. The molecule has 0 atom stereocenters. The van der Waals surface area contributed by atoms with Gasteiger partial charge >= 0.3 is 6.18 Å². The topological polar surface area (TPSA) is 87.8 Å². The number of pyridine rings is 1. The molecule has 2 aliphatic rings. The lowest BCUT2D eigenvalue weighted by Crippen LogP contribution is -2.47. The molecule has 0 unspecified atom stereocenters. The Morgan fingerprint density at radius 1 is 1.21 bits per heavy atom. The third-order valence-electron chi connectivity index (χ3n) is 6.42. The minimum Gasteiger partial charge on any atom is -0.321 e. The fourth-order valence-electron chi connectivity index (χ4n) is 4.24. The van der Waals surface area contributed by atoms with E-state index in [0.717, 1.165) is 19.3 Å². The van der Waals surface area contributed by atoms with Crippen molar-refractivity contribution in [3.05, 3.63) is 47.1 Å². The van der Waals surface area contributed by atoms with Crippen LogP contribution in [0.15, 0.2) is 41.4 Å². The molecule has 33 heavy (non-hydrogen) atoms. The minimum atomic E-state index is -4.65. The van der Waals surface area contributed by atoms with E-state index in [4.69, 9.17) is 11.6 Å². The summed E-state index contributed by atoms with van der Waals surface area (Å²) in [5, 5.41) is 10.9. The van der Waals surface area contributed by atoms with Gasteiger partial charge in [0.05, 0.1) is 21.2 Å². The second-order valence-electron chi connectivity index (χ2n) is 8.52. The largest absolute Gasteiger partial charge is 0.407 e. The van der Waals surface area contributed by atoms with Crippen molar-refractivity contribution in [2.24, 2.45) is 0 Å². The van der Waals surface area contributed by atoms with Crippen LogP contribution in [-0.4, -0.2) is 29.7 Å². The maximum Gasteiger partial charge on any atom is 0.407 e. The first-order valence-corrected chi connectivity index (χ1v) is 12.2.